The second kappa shape index (κ2) is 4.76. The number of rotatable bonds is 5. The molecule has 2 aromatic heterocycles. The van der Waals surface area contributed by atoms with Gasteiger partial charge in [-0.3, -0.25) is 0 Å². The molecule has 2 aromatic rings. The number of nitrogens with one attached hydrogen (secondary N) is 1. The van der Waals surface area contributed by atoms with Crippen molar-refractivity contribution in [3.8, 4) is 5.95 Å². The van der Waals surface area contributed by atoms with Gasteiger partial charge >= 0.3 is 0 Å². The second-order valence-corrected chi connectivity index (χ2v) is 4.44. The molecule has 0 bridgehead atoms. The van der Waals surface area contributed by atoms with Crippen LogP contribution in [-0.4, -0.2) is 47.5 Å². The van der Waals surface area contributed by atoms with E-state index in [0.717, 1.165) is 12.8 Å². The summed E-state index contributed by atoms with van der Waals surface area (Å²) in [6.07, 6.45) is 4.62. The molecule has 1 aliphatic rings. The van der Waals surface area contributed by atoms with E-state index in [1.54, 1.807) is 0 Å². The molecular weight excluding hydrogens is 248 g/mol. The Morgan fingerprint density at radius 3 is 2.95 bits per heavy atom. The molecule has 19 heavy (non-hydrogen) atoms. The van der Waals surface area contributed by atoms with Crippen molar-refractivity contribution in [1.82, 2.24) is 29.7 Å². The van der Waals surface area contributed by atoms with Crippen LogP contribution in [0, 0.1) is 5.92 Å². The highest BCUT2D eigenvalue weighted by Gasteiger charge is 2.29. The van der Waals surface area contributed by atoms with Crippen molar-refractivity contribution in [1.29, 1.82) is 0 Å². The highest BCUT2D eigenvalue weighted by Crippen LogP contribution is 2.32. The maximum absolute atomic E-state index is 9.78. The third-order valence-corrected chi connectivity index (χ3v) is 2.90. The number of aromatic nitrogens is 6. The van der Waals surface area contributed by atoms with E-state index >= 15 is 0 Å². The van der Waals surface area contributed by atoms with Crippen LogP contribution >= 0.6 is 0 Å². The zero-order valence-corrected chi connectivity index (χ0v) is 10.1. The normalized spacial score (nSPS) is 16.3. The van der Waals surface area contributed by atoms with Crippen LogP contribution in [0.5, 0.6) is 0 Å². The zero-order valence-electron chi connectivity index (χ0n) is 10.1. The number of hydrogen-bond donors (Lipinski definition) is 3. The molecule has 0 radical (unpaired) electrons. The van der Waals surface area contributed by atoms with Crippen molar-refractivity contribution in [2.45, 2.75) is 18.9 Å². The number of aliphatic hydroxyl groups is 1. The predicted octanol–water partition coefficient (Wildman–Crippen LogP) is -0.783. The van der Waals surface area contributed by atoms with Crippen molar-refractivity contribution in [3.05, 3.63) is 12.7 Å². The predicted molar refractivity (Wildman–Crippen MR) is 66.4 cm³/mol. The minimum absolute atomic E-state index is 0.0870. The largest absolute Gasteiger partial charge is 0.391 e. The molecule has 0 aromatic carbocycles. The van der Waals surface area contributed by atoms with Gasteiger partial charge in [0.05, 0.1) is 6.10 Å². The molecule has 1 saturated carbocycles. The van der Waals surface area contributed by atoms with Crippen LogP contribution < -0.4 is 11.1 Å². The molecule has 0 spiro atoms. The zero-order chi connectivity index (χ0) is 13.2. The first-order valence-electron chi connectivity index (χ1n) is 6.01. The number of nitrogens with two attached hydrogens (primary N) is 1. The molecule has 9 heteroatoms. The van der Waals surface area contributed by atoms with E-state index in [2.05, 4.69) is 30.4 Å². The molecule has 3 rings (SSSR count). The molecule has 0 aliphatic heterocycles. The van der Waals surface area contributed by atoms with Crippen molar-refractivity contribution in [3.63, 3.8) is 0 Å². The Morgan fingerprint density at radius 2 is 2.26 bits per heavy atom. The highest BCUT2D eigenvalue weighted by atomic mass is 16.3. The molecule has 1 unspecified atom stereocenters. The van der Waals surface area contributed by atoms with E-state index in [0.29, 0.717) is 18.4 Å². The molecule has 2 heterocycles. The molecule has 100 valence electrons. The highest BCUT2D eigenvalue weighted by molar-refractivity contribution is 5.34. The first-order valence-corrected chi connectivity index (χ1v) is 6.01. The lowest BCUT2D eigenvalue weighted by molar-refractivity contribution is 0.164. The standard InChI is InChI=1S/C10H14N8O/c11-8-15-9(13-3-7(19)6-1-2-6)17-10(16-8)18-5-12-4-14-18/h4-7,19H,1-3H2,(H3,11,13,15,16,17). The van der Waals surface area contributed by atoms with Gasteiger partial charge in [0.1, 0.15) is 12.7 Å². The lowest BCUT2D eigenvalue weighted by atomic mass is 10.2. The fourth-order valence-electron chi connectivity index (χ4n) is 1.72. The number of aliphatic hydroxyl groups excluding tert-OH is 1. The quantitative estimate of drug-likeness (QED) is 0.640. The molecule has 1 aliphatic carbocycles. The molecule has 9 nitrogen and oxygen atoms in total. The van der Waals surface area contributed by atoms with Crippen LogP contribution in [-0.2, 0) is 0 Å². The summed E-state index contributed by atoms with van der Waals surface area (Å²) in [6.45, 7) is 0.394. The Bertz CT molecular complexity index is 553. The Kier molecular flexibility index (Phi) is 2.95. The maximum atomic E-state index is 9.78. The fourth-order valence-corrected chi connectivity index (χ4v) is 1.72. The summed E-state index contributed by atoms with van der Waals surface area (Å²) < 4.78 is 1.39. The van der Waals surface area contributed by atoms with Crippen molar-refractivity contribution < 1.29 is 5.11 Å². The van der Waals surface area contributed by atoms with Gasteiger partial charge in [-0.15, -0.1) is 0 Å². The van der Waals surface area contributed by atoms with Crippen LogP contribution in [0.4, 0.5) is 11.9 Å². The van der Waals surface area contributed by atoms with Crippen molar-refractivity contribution in [2.24, 2.45) is 5.92 Å². The number of anilines is 2. The van der Waals surface area contributed by atoms with Gasteiger partial charge in [0.25, 0.3) is 5.95 Å². The van der Waals surface area contributed by atoms with E-state index in [9.17, 15) is 5.11 Å². The monoisotopic (exact) mass is 262 g/mol. The van der Waals surface area contributed by atoms with Gasteiger partial charge in [-0.05, 0) is 18.8 Å². The molecule has 0 amide bonds. The summed E-state index contributed by atoms with van der Waals surface area (Å²) in [7, 11) is 0. The second-order valence-electron chi connectivity index (χ2n) is 4.44. The molecule has 4 N–H and O–H groups in total. The lowest BCUT2D eigenvalue weighted by Gasteiger charge is -2.11. The summed E-state index contributed by atoms with van der Waals surface area (Å²) in [5, 5.41) is 16.7. The summed E-state index contributed by atoms with van der Waals surface area (Å²) in [5.74, 6) is 1.08. The summed E-state index contributed by atoms with van der Waals surface area (Å²) in [6, 6.07) is 0. The smallest absolute Gasteiger partial charge is 0.258 e. The SMILES string of the molecule is Nc1nc(NCC(O)C2CC2)nc(-n2cncn2)n1. The fraction of sp³-hybridized carbons (Fsp3) is 0.500. The summed E-state index contributed by atoms with van der Waals surface area (Å²) >= 11 is 0. The maximum Gasteiger partial charge on any atom is 0.258 e. The van der Waals surface area contributed by atoms with Crippen LogP contribution in [0.1, 0.15) is 12.8 Å². The third-order valence-electron chi connectivity index (χ3n) is 2.90. The first-order chi connectivity index (χ1) is 9.22. The van der Waals surface area contributed by atoms with Crippen LogP contribution in [0.2, 0.25) is 0 Å². The first kappa shape index (κ1) is 11.8. The average molecular weight is 262 g/mol. The molecule has 0 saturated heterocycles. The van der Waals surface area contributed by atoms with Gasteiger partial charge in [0, 0.05) is 6.54 Å². The molecule has 1 atom stereocenters. The van der Waals surface area contributed by atoms with E-state index in [4.69, 9.17) is 5.73 Å². The minimum Gasteiger partial charge on any atom is -0.391 e. The van der Waals surface area contributed by atoms with Gasteiger partial charge < -0.3 is 16.2 Å². The van der Waals surface area contributed by atoms with Gasteiger partial charge in [0.15, 0.2) is 0 Å². The number of nitrogens with zero attached hydrogens (tertiary/aromatic N) is 6. The number of hydrogen-bond acceptors (Lipinski definition) is 8. The Balaban J connectivity index is 1.74. The van der Waals surface area contributed by atoms with Crippen LogP contribution in [0.25, 0.3) is 5.95 Å². The lowest BCUT2D eigenvalue weighted by Crippen LogP contribution is -2.23. The van der Waals surface area contributed by atoms with Crippen molar-refractivity contribution in [2.75, 3.05) is 17.6 Å². The third kappa shape index (κ3) is 2.76. The molecule has 1 fully saturated rings. The van der Waals surface area contributed by atoms with E-state index in [1.165, 1.54) is 17.3 Å². The van der Waals surface area contributed by atoms with Crippen molar-refractivity contribution >= 4 is 11.9 Å². The van der Waals surface area contributed by atoms with E-state index in [-0.39, 0.29) is 18.0 Å². The van der Waals surface area contributed by atoms with E-state index < -0.39 is 0 Å². The van der Waals surface area contributed by atoms with Gasteiger partial charge in [0.2, 0.25) is 11.9 Å². The van der Waals surface area contributed by atoms with Crippen LogP contribution in [0.3, 0.4) is 0 Å². The van der Waals surface area contributed by atoms with Gasteiger partial charge in [-0.25, -0.2) is 4.98 Å². The van der Waals surface area contributed by atoms with Gasteiger partial charge in [-0.1, -0.05) is 0 Å². The van der Waals surface area contributed by atoms with Crippen LogP contribution in [0.15, 0.2) is 12.7 Å². The Hall–Kier alpha value is -2.29. The topological polar surface area (TPSA) is 128 Å². The summed E-state index contributed by atoms with van der Waals surface area (Å²) in [4.78, 5) is 15.9. The Morgan fingerprint density at radius 1 is 1.42 bits per heavy atom. The minimum atomic E-state index is -0.382. The molecular formula is C10H14N8O. The number of nitrogen functional groups attached to an aromatic ring is 1. The van der Waals surface area contributed by atoms with Gasteiger partial charge in [-0.2, -0.15) is 24.7 Å². The Labute approximate surface area is 108 Å². The average Bonchev–Trinajstić information content (AvgIpc) is 3.10. The summed E-state index contributed by atoms with van der Waals surface area (Å²) in [5.41, 5.74) is 5.62. The van der Waals surface area contributed by atoms with E-state index in [1.807, 2.05) is 0 Å².